The molecule has 4 nitrogen and oxygen atoms in total. The van der Waals surface area contributed by atoms with Crippen molar-refractivity contribution >= 4 is 0 Å². The maximum absolute atomic E-state index is 13.6. The monoisotopic (exact) mass is 295 g/mol. The van der Waals surface area contributed by atoms with Gasteiger partial charge in [-0.05, 0) is 38.1 Å². The van der Waals surface area contributed by atoms with Crippen LogP contribution >= 0.6 is 0 Å². The van der Waals surface area contributed by atoms with E-state index >= 15 is 0 Å². The highest BCUT2D eigenvalue weighted by molar-refractivity contribution is 5.21. The van der Waals surface area contributed by atoms with Crippen LogP contribution in [0.2, 0.25) is 0 Å². The van der Waals surface area contributed by atoms with Gasteiger partial charge in [0.05, 0.1) is 12.1 Å². The maximum atomic E-state index is 13.6. The fourth-order valence-electron chi connectivity index (χ4n) is 2.10. The summed E-state index contributed by atoms with van der Waals surface area (Å²) in [4.78, 5) is 0. The Labute approximate surface area is 122 Å². The zero-order valence-corrected chi connectivity index (χ0v) is 12.0. The first kappa shape index (κ1) is 15.6. The fraction of sp³-hybridized carbons (Fsp3) is 0.400. The Morgan fingerprint density at radius 1 is 1.33 bits per heavy atom. The lowest BCUT2D eigenvalue weighted by Crippen LogP contribution is -2.36. The third-order valence-electron chi connectivity index (χ3n) is 3.62. The molecule has 0 aliphatic carbocycles. The molecule has 0 bridgehead atoms. The fourth-order valence-corrected chi connectivity index (χ4v) is 2.10. The number of benzene rings is 1. The van der Waals surface area contributed by atoms with Crippen molar-refractivity contribution in [2.24, 2.45) is 0 Å². The van der Waals surface area contributed by atoms with Gasteiger partial charge in [0.1, 0.15) is 11.6 Å². The van der Waals surface area contributed by atoms with Crippen LogP contribution < -0.4 is 5.32 Å². The van der Waals surface area contributed by atoms with Crippen LogP contribution in [0.3, 0.4) is 0 Å². The molecule has 6 heteroatoms. The first-order chi connectivity index (χ1) is 9.99. The molecule has 0 fully saturated rings. The molecular weight excluding hydrogens is 276 g/mol. The highest BCUT2D eigenvalue weighted by Gasteiger charge is 2.18. The molecule has 0 radical (unpaired) electrons. The van der Waals surface area contributed by atoms with Gasteiger partial charge in [-0.2, -0.15) is 5.10 Å². The quantitative estimate of drug-likeness (QED) is 0.860. The number of nitrogens with one attached hydrogen (secondary N) is 1. The van der Waals surface area contributed by atoms with Crippen molar-refractivity contribution in [2.45, 2.75) is 32.0 Å². The van der Waals surface area contributed by atoms with E-state index in [0.29, 0.717) is 0 Å². The number of hydrogen-bond acceptors (Lipinski definition) is 3. The van der Waals surface area contributed by atoms with Crippen LogP contribution in [0.1, 0.15) is 31.6 Å². The summed E-state index contributed by atoms with van der Waals surface area (Å²) in [6, 6.07) is 4.98. The number of halogens is 2. The Bertz CT molecular complexity index is 574. The van der Waals surface area contributed by atoms with Crippen LogP contribution in [-0.2, 0) is 0 Å². The molecule has 2 rings (SSSR count). The molecule has 0 saturated carbocycles. The number of aromatic nitrogens is 2. The summed E-state index contributed by atoms with van der Waals surface area (Å²) in [6.07, 6.45) is 2.44. The summed E-state index contributed by atoms with van der Waals surface area (Å²) in [5.41, 5.74) is -0.0403. The zero-order valence-electron chi connectivity index (χ0n) is 12.0. The van der Waals surface area contributed by atoms with Crippen LogP contribution in [0.15, 0.2) is 36.7 Å². The molecule has 0 aliphatic rings. The molecule has 1 heterocycles. The third kappa shape index (κ3) is 3.86. The van der Waals surface area contributed by atoms with Crippen LogP contribution in [0.4, 0.5) is 8.78 Å². The van der Waals surface area contributed by atoms with Gasteiger partial charge in [-0.25, -0.2) is 8.78 Å². The van der Waals surface area contributed by atoms with E-state index in [1.54, 1.807) is 10.9 Å². The molecule has 2 aromatic rings. The molecule has 3 atom stereocenters. The van der Waals surface area contributed by atoms with Gasteiger partial charge < -0.3 is 10.4 Å². The summed E-state index contributed by atoms with van der Waals surface area (Å²) >= 11 is 0. The normalized spacial score (nSPS) is 15.7. The standard InChI is InChI=1S/C15H19F2N3O/c1-10(11(2)20-7-3-6-19-20)18-9-15(21)13-8-12(16)4-5-14(13)17/h3-8,10-11,15,18,21H,9H2,1-2H3/t10-,11+,15-/m0/s1. The molecule has 2 N–H and O–H groups in total. The van der Waals surface area contributed by atoms with Crippen molar-refractivity contribution in [3.8, 4) is 0 Å². The minimum Gasteiger partial charge on any atom is -0.387 e. The summed E-state index contributed by atoms with van der Waals surface area (Å²) in [5, 5.41) is 17.3. The van der Waals surface area contributed by atoms with E-state index in [-0.39, 0.29) is 24.2 Å². The van der Waals surface area contributed by atoms with Gasteiger partial charge in [0.25, 0.3) is 0 Å². The summed E-state index contributed by atoms with van der Waals surface area (Å²) in [7, 11) is 0. The van der Waals surface area contributed by atoms with E-state index in [9.17, 15) is 13.9 Å². The lowest BCUT2D eigenvalue weighted by atomic mass is 10.1. The van der Waals surface area contributed by atoms with Crippen molar-refractivity contribution < 1.29 is 13.9 Å². The molecular formula is C15H19F2N3O. The molecule has 1 aromatic carbocycles. The van der Waals surface area contributed by atoms with Crippen LogP contribution in [0, 0.1) is 11.6 Å². The summed E-state index contributed by atoms with van der Waals surface area (Å²) < 4.78 is 28.5. The largest absolute Gasteiger partial charge is 0.387 e. The molecule has 114 valence electrons. The first-order valence-corrected chi connectivity index (χ1v) is 6.84. The Hall–Kier alpha value is -1.79. The van der Waals surface area contributed by atoms with Gasteiger partial charge in [0, 0.05) is 30.5 Å². The molecule has 0 spiro atoms. The third-order valence-corrected chi connectivity index (χ3v) is 3.62. The lowest BCUT2D eigenvalue weighted by Gasteiger charge is -2.23. The average Bonchev–Trinajstić information content (AvgIpc) is 3.00. The molecule has 0 unspecified atom stereocenters. The molecule has 21 heavy (non-hydrogen) atoms. The minimum absolute atomic E-state index is 0.0103. The van der Waals surface area contributed by atoms with Gasteiger partial charge in [0.15, 0.2) is 0 Å². The highest BCUT2D eigenvalue weighted by Crippen LogP contribution is 2.18. The maximum Gasteiger partial charge on any atom is 0.129 e. The average molecular weight is 295 g/mol. The van der Waals surface area contributed by atoms with Crippen molar-refractivity contribution in [3.63, 3.8) is 0 Å². The Morgan fingerprint density at radius 2 is 2.10 bits per heavy atom. The van der Waals surface area contributed by atoms with E-state index in [1.807, 2.05) is 26.1 Å². The molecule has 0 saturated heterocycles. The Kier molecular flexibility index (Phi) is 5.03. The topological polar surface area (TPSA) is 50.1 Å². The number of aliphatic hydroxyl groups is 1. The van der Waals surface area contributed by atoms with E-state index in [2.05, 4.69) is 10.4 Å². The minimum atomic E-state index is -1.10. The van der Waals surface area contributed by atoms with Crippen molar-refractivity contribution in [2.75, 3.05) is 6.54 Å². The van der Waals surface area contributed by atoms with Crippen molar-refractivity contribution in [1.29, 1.82) is 0 Å². The predicted molar refractivity (Wildman–Crippen MR) is 75.7 cm³/mol. The second-order valence-corrected chi connectivity index (χ2v) is 5.11. The van der Waals surface area contributed by atoms with Gasteiger partial charge in [0.2, 0.25) is 0 Å². The molecule has 1 aromatic heterocycles. The van der Waals surface area contributed by atoms with E-state index in [4.69, 9.17) is 0 Å². The number of nitrogens with zero attached hydrogens (tertiary/aromatic N) is 2. The zero-order chi connectivity index (χ0) is 15.4. The second-order valence-electron chi connectivity index (χ2n) is 5.11. The highest BCUT2D eigenvalue weighted by atomic mass is 19.1. The van der Waals surface area contributed by atoms with Gasteiger partial charge in [-0.15, -0.1) is 0 Å². The van der Waals surface area contributed by atoms with Crippen LogP contribution in [-0.4, -0.2) is 27.5 Å². The molecule has 0 amide bonds. The van der Waals surface area contributed by atoms with Gasteiger partial charge >= 0.3 is 0 Å². The van der Waals surface area contributed by atoms with E-state index in [1.165, 1.54) is 0 Å². The van der Waals surface area contributed by atoms with Crippen molar-refractivity contribution in [1.82, 2.24) is 15.1 Å². The number of rotatable bonds is 6. The summed E-state index contributed by atoms with van der Waals surface area (Å²) in [5.74, 6) is -1.18. The van der Waals surface area contributed by atoms with E-state index in [0.717, 1.165) is 18.2 Å². The Balaban J connectivity index is 1.94. The van der Waals surface area contributed by atoms with Crippen LogP contribution in [0.25, 0.3) is 0 Å². The Morgan fingerprint density at radius 3 is 2.76 bits per heavy atom. The van der Waals surface area contributed by atoms with E-state index < -0.39 is 17.7 Å². The predicted octanol–water partition coefficient (Wildman–Crippen LogP) is 2.43. The SMILES string of the molecule is C[C@H](NC[C@H](O)c1cc(F)ccc1F)[C@@H](C)n1cccn1. The second kappa shape index (κ2) is 6.78. The van der Waals surface area contributed by atoms with Crippen molar-refractivity contribution in [3.05, 3.63) is 53.9 Å². The van der Waals surface area contributed by atoms with Gasteiger partial charge in [-0.1, -0.05) is 0 Å². The summed E-state index contributed by atoms with van der Waals surface area (Å²) in [6.45, 7) is 4.06. The molecule has 0 aliphatic heterocycles. The first-order valence-electron chi connectivity index (χ1n) is 6.84. The number of aliphatic hydroxyl groups excluding tert-OH is 1. The lowest BCUT2D eigenvalue weighted by molar-refractivity contribution is 0.161. The van der Waals surface area contributed by atoms with Crippen LogP contribution in [0.5, 0.6) is 0 Å². The number of hydrogen-bond donors (Lipinski definition) is 2. The van der Waals surface area contributed by atoms with Gasteiger partial charge in [-0.3, -0.25) is 4.68 Å². The smallest absolute Gasteiger partial charge is 0.129 e.